The summed E-state index contributed by atoms with van der Waals surface area (Å²) in [5.74, 6) is -1.34. The number of unbranched alkanes of at least 4 members (excludes halogenated alkanes) is 1. The smallest absolute Gasteiger partial charge is 0.243 e. The summed E-state index contributed by atoms with van der Waals surface area (Å²) in [5, 5.41) is 5.25. The minimum absolute atomic E-state index is 0.315. The molecule has 0 saturated carbocycles. The predicted octanol–water partition coefficient (Wildman–Crippen LogP) is -0.167. The van der Waals surface area contributed by atoms with E-state index in [4.69, 9.17) is 11.5 Å². The van der Waals surface area contributed by atoms with E-state index in [0.717, 1.165) is 12.0 Å². The van der Waals surface area contributed by atoms with Gasteiger partial charge in [0.25, 0.3) is 0 Å². The van der Waals surface area contributed by atoms with Gasteiger partial charge in [0.05, 0.1) is 0 Å². The molecule has 0 radical (unpaired) electrons. The molecule has 7 nitrogen and oxygen atoms in total. The third kappa shape index (κ3) is 7.23. The molecular weight excluding hydrogens is 308 g/mol. The zero-order chi connectivity index (χ0) is 17.9. The Labute approximate surface area is 142 Å². The first kappa shape index (κ1) is 19.6. The van der Waals surface area contributed by atoms with Crippen LogP contribution in [0.15, 0.2) is 30.3 Å². The maximum absolute atomic E-state index is 12.5. The number of amides is 3. The standard InChI is InChI=1S/C17H26N4O3/c1-12(22)20-15(11-13-7-3-2-4-8-13)17(24)21-14(16(19)23)9-5-6-10-18/h2-4,7-8,14-15H,5-6,9-11,18H2,1H3,(H2,19,23)(H,20,22)(H,21,24)/t14-,15-/m0/s1. The van der Waals surface area contributed by atoms with Crippen molar-refractivity contribution in [3.63, 3.8) is 0 Å². The van der Waals surface area contributed by atoms with Gasteiger partial charge in [0.2, 0.25) is 17.7 Å². The van der Waals surface area contributed by atoms with Crippen LogP contribution >= 0.6 is 0 Å². The van der Waals surface area contributed by atoms with Crippen molar-refractivity contribution in [2.24, 2.45) is 11.5 Å². The molecule has 132 valence electrons. The Morgan fingerprint density at radius 2 is 1.71 bits per heavy atom. The molecule has 7 heteroatoms. The van der Waals surface area contributed by atoms with Crippen molar-refractivity contribution in [3.8, 4) is 0 Å². The fourth-order valence-electron chi connectivity index (χ4n) is 2.36. The molecular formula is C17H26N4O3. The van der Waals surface area contributed by atoms with E-state index >= 15 is 0 Å². The highest BCUT2D eigenvalue weighted by Gasteiger charge is 2.24. The average molecular weight is 334 g/mol. The molecule has 1 rings (SSSR count). The second-order valence-corrected chi connectivity index (χ2v) is 5.69. The molecule has 0 aliphatic rings. The quantitative estimate of drug-likeness (QED) is 0.443. The van der Waals surface area contributed by atoms with Crippen molar-refractivity contribution >= 4 is 17.7 Å². The molecule has 2 atom stereocenters. The highest BCUT2D eigenvalue weighted by molar-refractivity contribution is 5.91. The van der Waals surface area contributed by atoms with Gasteiger partial charge in [-0.2, -0.15) is 0 Å². The van der Waals surface area contributed by atoms with Gasteiger partial charge in [0.1, 0.15) is 12.1 Å². The SMILES string of the molecule is CC(=O)N[C@@H](Cc1ccccc1)C(=O)N[C@@H](CCCCN)C(N)=O. The Balaban J connectivity index is 2.74. The number of nitrogens with two attached hydrogens (primary N) is 2. The number of benzene rings is 1. The summed E-state index contributed by atoms with van der Waals surface area (Å²) in [6.45, 7) is 1.86. The molecule has 0 bridgehead atoms. The van der Waals surface area contributed by atoms with Gasteiger partial charge in [0, 0.05) is 13.3 Å². The number of hydrogen-bond acceptors (Lipinski definition) is 4. The summed E-state index contributed by atoms with van der Waals surface area (Å²) < 4.78 is 0. The predicted molar refractivity (Wildman–Crippen MR) is 91.8 cm³/mol. The Kier molecular flexibility index (Phi) is 8.49. The van der Waals surface area contributed by atoms with Crippen molar-refractivity contribution in [2.75, 3.05) is 6.54 Å². The molecule has 0 aliphatic heterocycles. The van der Waals surface area contributed by atoms with Crippen LogP contribution < -0.4 is 22.1 Å². The Morgan fingerprint density at radius 1 is 1.04 bits per heavy atom. The normalized spacial score (nSPS) is 12.9. The van der Waals surface area contributed by atoms with Crippen LogP contribution in [0, 0.1) is 0 Å². The molecule has 0 saturated heterocycles. The maximum atomic E-state index is 12.5. The first-order valence-electron chi connectivity index (χ1n) is 8.04. The lowest BCUT2D eigenvalue weighted by Crippen LogP contribution is -2.53. The van der Waals surface area contributed by atoms with Crippen LogP contribution in [0.3, 0.4) is 0 Å². The van der Waals surface area contributed by atoms with Gasteiger partial charge in [-0.1, -0.05) is 30.3 Å². The van der Waals surface area contributed by atoms with Gasteiger partial charge in [0.15, 0.2) is 0 Å². The second kappa shape index (κ2) is 10.4. The number of primary amides is 1. The van der Waals surface area contributed by atoms with Crippen LogP contribution in [0.2, 0.25) is 0 Å². The van der Waals surface area contributed by atoms with Gasteiger partial charge in [-0.15, -0.1) is 0 Å². The molecule has 3 amide bonds. The Morgan fingerprint density at radius 3 is 2.25 bits per heavy atom. The number of carbonyl (C=O) groups is 3. The van der Waals surface area contributed by atoms with E-state index < -0.39 is 23.9 Å². The third-order valence-electron chi connectivity index (χ3n) is 3.58. The van der Waals surface area contributed by atoms with E-state index in [0.29, 0.717) is 25.8 Å². The van der Waals surface area contributed by atoms with Crippen LogP contribution in [0.4, 0.5) is 0 Å². The number of carbonyl (C=O) groups excluding carboxylic acids is 3. The lowest BCUT2D eigenvalue weighted by Gasteiger charge is -2.21. The average Bonchev–Trinajstić information content (AvgIpc) is 2.53. The molecule has 0 heterocycles. The highest BCUT2D eigenvalue weighted by Crippen LogP contribution is 2.06. The van der Waals surface area contributed by atoms with Crippen LogP contribution in [0.1, 0.15) is 31.7 Å². The van der Waals surface area contributed by atoms with Crippen LogP contribution in [0.5, 0.6) is 0 Å². The summed E-state index contributed by atoms with van der Waals surface area (Å²) in [7, 11) is 0. The largest absolute Gasteiger partial charge is 0.368 e. The van der Waals surface area contributed by atoms with Gasteiger partial charge in [-0.3, -0.25) is 14.4 Å². The number of nitrogens with one attached hydrogen (secondary N) is 2. The van der Waals surface area contributed by atoms with E-state index in [1.54, 1.807) is 0 Å². The van der Waals surface area contributed by atoms with Crippen LogP contribution in [0.25, 0.3) is 0 Å². The van der Waals surface area contributed by atoms with Crippen LogP contribution in [-0.2, 0) is 20.8 Å². The zero-order valence-electron chi connectivity index (χ0n) is 14.0. The van der Waals surface area contributed by atoms with Gasteiger partial charge in [-0.25, -0.2) is 0 Å². The number of hydrogen-bond donors (Lipinski definition) is 4. The molecule has 1 aromatic carbocycles. The maximum Gasteiger partial charge on any atom is 0.243 e. The van der Waals surface area contributed by atoms with Crippen LogP contribution in [-0.4, -0.2) is 36.3 Å². The van der Waals surface area contributed by atoms with Crippen molar-refractivity contribution in [1.29, 1.82) is 0 Å². The molecule has 6 N–H and O–H groups in total. The molecule has 0 aliphatic carbocycles. The molecule has 0 fully saturated rings. The number of rotatable bonds is 10. The van der Waals surface area contributed by atoms with E-state index in [1.807, 2.05) is 30.3 Å². The fourth-order valence-corrected chi connectivity index (χ4v) is 2.36. The van der Waals surface area contributed by atoms with E-state index in [9.17, 15) is 14.4 Å². The first-order valence-corrected chi connectivity index (χ1v) is 8.04. The van der Waals surface area contributed by atoms with E-state index in [1.165, 1.54) is 6.92 Å². The fraction of sp³-hybridized carbons (Fsp3) is 0.471. The molecule has 0 aromatic heterocycles. The second-order valence-electron chi connectivity index (χ2n) is 5.69. The van der Waals surface area contributed by atoms with Gasteiger partial charge in [-0.05, 0) is 31.4 Å². The van der Waals surface area contributed by atoms with Crippen molar-refractivity contribution in [3.05, 3.63) is 35.9 Å². The Bertz CT molecular complexity index is 548. The van der Waals surface area contributed by atoms with Crippen molar-refractivity contribution in [1.82, 2.24) is 10.6 Å². The van der Waals surface area contributed by atoms with Crippen molar-refractivity contribution < 1.29 is 14.4 Å². The molecule has 0 spiro atoms. The molecule has 24 heavy (non-hydrogen) atoms. The monoisotopic (exact) mass is 334 g/mol. The lowest BCUT2D eigenvalue weighted by molar-refractivity contribution is -0.130. The highest BCUT2D eigenvalue weighted by atomic mass is 16.2. The Hall–Kier alpha value is -2.41. The lowest BCUT2D eigenvalue weighted by atomic mass is 10.0. The summed E-state index contributed by atoms with van der Waals surface area (Å²) in [4.78, 5) is 35.4. The summed E-state index contributed by atoms with van der Waals surface area (Å²) in [6, 6.07) is 7.80. The molecule has 0 unspecified atom stereocenters. The topological polar surface area (TPSA) is 127 Å². The van der Waals surface area contributed by atoms with E-state index in [-0.39, 0.29) is 5.91 Å². The molecule has 1 aromatic rings. The van der Waals surface area contributed by atoms with Gasteiger partial charge >= 0.3 is 0 Å². The minimum atomic E-state index is -0.768. The summed E-state index contributed by atoms with van der Waals surface area (Å²) >= 11 is 0. The minimum Gasteiger partial charge on any atom is -0.368 e. The third-order valence-corrected chi connectivity index (χ3v) is 3.58. The summed E-state index contributed by atoms with van der Waals surface area (Å²) in [6.07, 6.45) is 2.20. The first-order chi connectivity index (χ1) is 11.4. The summed E-state index contributed by atoms with van der Waals surface area (Å²) in [5.41, 5.74) is 11.7. The zero-order valence-corrected chi connectivity index (χ0v) is 14.0. The van der Waals surface area contributed by atoms with E-state index in [2.05, 4.69) is 10.6 Å². The van der Waals surface area contributed by atoms with Gasteiger partial charge < -0.3 is 22.1 Å². The van der Waals surface area contributed by atoms with Crippen molar-refractivity contribution in [2.45, 2.75) is 44.7 Å².